The quantitative estimate of drug-likeness (QED) is 0.496. The smallest absolute Gasteiger partial charge is 0.303 e. The zero-order valence-corrected chi connectivity index (χ0v) is 15.5. The van der Waals surface area contributed by atoms with Gasteiger partial charge in [-0.05, 0) is 30.5 Å². The van der Waals surface area contributed by atoms with Crippen molar-refractivity contribution in [1.29, 1.82) is 0 Å². The first-order valence-electron chi connectivity index (χ1n) is 8.17. The van der Waals surface area contributed by atoms with Crippen LogP contribution in [-0.4, -0.2) is 36.7 Å². The summed E-state index contributed by atoms with van der Waals surface area (Å²) in [6.45, 7) is 0. The SMILES string of the molecule is CS(=O)(=O)c1ccc(NC(CCC(=O)O)Cc2ccccc2)c([N+](=O)[O-])c1. The molecule has 0 saturated heterocycles. The van der Waals surface area contributed by atoms with Gasteiger partial charge in [-0.25, -0.2) is 8.42 Å². The number of carbonyl (C=O) groups is 1. The summed E-state index contributed by atoms with van der Waals surface area (Å²) in [6, 6.07) is 12.6. The number of rotatable bonds is 9. The van der Waals surface area contributed by atoms with Crippen molar-refractivity contribution in [2.45, 2.75) is 30.2 Å². The van der Waals surface area contributed by atoms with E-state index in [0.29, 0.717) is 6.42 Å². The van der Waals surface area contributed by atoms with Gasteiger partial charge in [-0.15, -0.1) is 0 Å². The molecule has 1 atom stereocenters. The molecule has 144 valence electrons. The Morgan fingerprint density at radius 2 is 1.89 bits per heavy atom. The molecular weight excluding hydrogens is 372 g/mol. The fourth-order valence-electron chi connectivity index (χ4n) is 2.66. The third-order valence-electron chi connectivity index (χ3n) is 3.99. The van der Waals surface area contributed by atoms with E-state index >= 15 is 0 Å². The van der Waals surface area contributed by atoms with Crippen LogP contribution in [0.5, 0.6) is 0 Å². The van der Waals surface area contributed by atoms with E-state index < -0.39 is 20.7 Å². The van der Waals surface area contributed by atoms with Crippen LogP contribution in [0.25, 0.3) is 0 Å². The lowest BCUT2D eigenvalue weighted by Gasteiger charge is -2.20. The standard InChI is InChI=1S/C18H20N2O6S/c1-27(25,26)15-8-9-16(17(12-15)20(23)24)19-14(7-10-18(21)22)11-13-5-3-2-4-6-13/h2-6,8-9,12,14,19H,7,10-11H2,1H3,(H,21,22). The number of sulfone groups is 1. The molecule has 0 bridgehead atoms. The number of hydrogen-bond acceptors (Lipinski definition) is 6. The predicted octanol–water partition coefficient (Wildman–Crippen LogP) is 2.89. The summed E-state index contributed by atoms with van der Waals surface area (Å²) in [5.41, 5.74) is 0.737. The Morgan fingerprint density at radius 1 is 1.22 bits per heavy atom. The van der Waals surface area contributed by atoms with Crippen LogP contribution in [0.4, 0.5) is 11.4 Å². The van der Waals surface area contributed by atoms with E-state index in [-0.39, 0.29) is 35.2 Å². The lowest BCUT2D eigenvalue weighted by molar-refractivity contribution is -0.384. The lowest BCUT2D eigenvalue weighted by atomic mass is 10.0. The first-order chi connectivity index (χ1) is 12.7. The predicted molar refractivity (Wildman–Crippen MR) is 101 cm³/mol. The maximum Gasteiger partial charge on any atom is 0.303 e. The van der Waals surface area contributed by atoms with Crippen LogP contribution in [0.15, 0.2) is 53.4 Å². The average Bonchev–Trinajstić information content (AvgIpc) is 2.59. The molecule has 0 saturated carbocycles. The van der Waals surface area contributed by atoms with Crippen molar-refractivity contribution in [3.63, 3.8) is 0 Å². The van der Waals surface area contributed by atoms with E-state index in [9.17, 15) is 23.3 Å². The van der Waals surface area contributed by atoms with Crippen LogP contribution >= 0.6 is 0 Å². The first kappa shape index (κ1) is 20.4. The third-order valence-corrected chi connectivity index (χ3v) is 5.10. The lowest BCUT2D eigenvalue weighted by Crippen LogP contribution is -2.24. The highest BCUT2D eigenvalue weighted by Crippen LogP contribution is 2.29. The van der Waals surface area contributed by atoms with Gasteiger partial charge in [0.25, 0.3) is 5.69 Å². The van der Waals surface area contributed by atoms with E-state index in [1.165, 1.54) is 12.1 Å². The highest BCUT2D eigenvalue weighted by molar-refractivity contribution is 7.90. The molecule has 0 radical (unpaired) electrons. The van der Waals surface area contributed by atoms with E-state index in [1.54, 1.807) is 0 Å². The zero-order valence-electron chi connectivity index (χ0n) is 14.7. The largest absolute Gasteiger partial charge is 0.481 e. The summed E-state index contributed by atoms with van der Waals surface area (Å²) in [4.78, 5) is 21.5. The fraction of sp³-hybridized carbons (Fsp3) is 0.278. The summed E-state index contributed by atoms with van der Waals surface area (Å²) in [7, 11) is -3.58. The molecule has 2 aromatic carbocycles. The van der Waals surface area contributed by atoms with Crippen molar-refractivity contribution in [1.82, 2.24) is 0 Å². The van der Waals surface area contributed by atoms with Gasteiger partial charge in [0.1, 0.15) is 5.69 Å². The van der Waals surface area contributed by atoms with Crippen LogP contribution in [0, 0.1) is 10.1 Å². The van der Waals surface area contributed by atoms with Crippen LogP contribution in [0.1, 0.15) is 18.4 Å². The van der Waals surface area contributed by atoms with E-state index in [2.05, 4.69) is 5.32 Å². The summed E-state index contributed by atoms with van der Waals surface area (Å²) in [6.07, 6.45) is 1.61. The number of nitrogens with zero attached hydrogens (tertiary/aromatic N) is 1. The van der Waals surface area contributed by atoms with Crippen LogP contribution in [0.3, 0.4) is 0 Å². The van der Waals surface area contributed by atoms with Crippen LogP contribution < -0.4 is 5.32 Å². The molecule has 0 aliphatic rings. The molecule has 0 fully saturated rings. The molecular formula is C18H20N2O6S. The van der Waals surface area contributed by atoms with Gasteiger partial charge in [0.05, 0.1) is 9.82 Å². The molecule has 27 heavy (non-hydrogen) atoms. The topological polar surface area (TPSA) is 127 Å². The molecule has 2 N–H and O–H groups in total. The normalized spacial score (nSPS) is 12.3. The molecule has 2 aromatic rings. The number of aliphatic carboxylic acids is 1. The monoisotopic (exact) mass is 392 g/mol. The minimum atomic E-state index is -3.58. The number of benzene rings is 2. The van der Waals surface area contributed by atoms with Gasteiger partial charge in [-0.2, -0.15) is 0 Å². The van der Waals surface area contributed by atoms with Crippen LogP contribution in [-0.2, 0) is 21.1 Å². The number of carboxylic acids is 1. The summed E-state index contributed by atoms with van der Waals surface area (Å²) in [5, 5.41) is 23.4. The molecule has 8 nitrogen and oxygen atoms in total. The Labute approximate surface area is 156 Å². The van der Waals surface area contributed by atoms with Gasteiger partial charge in [0.2, 0.25) is 0 Å². The summed E-state index contributed by atoms with van der Waals surface area (Å²) in [5.74, 6) is -0.961. The van der Waals surface area contributed by atoms with E-state index in [1.807, 2.05) is 30.3 Å². The highest BCUT2D eigenvalue weighted by atomic mass is 32.2. The van der Waals surface area contributed by atoms with Crippen molar-refractivity contribution in [2.75, 3.05) is 11.6 Å². The Hall–Kier alpha value is -2.94. The second-order valence-corrected chi connectivity index (χ2v) is 8.19. The molecule has 0 aromatic heterocycles. The number of anilines is 1. The van der Waals surface area contributed by atoms with Crippen molar-refractivity contribution < 1.29 is 23.2 Å². The Bertz CT molecular complexity index is 928. The fourth-order valence-corrected chi connectivity index (χ4v) is 3.30. The highest BCUT2D eigenvalue weighted by Gasteiger charge is 2.21. The van der Waals surface area contributed by atoms with Gasteiger partial charge < -0.3 is 10.4 Å². The number of nitro benzene ring substituents is 1. The molecule has 0 aliphatic heterocycles. The van der Waals surface area contributed by atoms with Crippen molar-refractivity contribution in [2.24, 2.45) is 0 Å². The second kappa shape index (κ2) is 8.63. The molecule has 1 unspecified atom stereocenters. The molecule has 9 heteroatoms. The van der Waals surface area contributed by atoms with Gasteiger partial charge in [0, 0.05) is 24.8 Å². The molecule has 0 amide bonds. The number of nitro groups is 1. The first-order valence-corrected chi connectivity index (χ1v) is 10.1. The number of nitrogens with one attached hydrogen (secondary N) is 1. The third kappa shape index (κ3) is 6.07. The Kier molecular flexibility index (Phi) is 6.51. The van der Waals surface area contributed by atoms with E-state index in [4.69, 9.17) is 5.11 Å². The maximum atomic E-state index is 11.7. The average molecular weight is 392 g/mol. The molecule has 2 rings (SSSR count). The summed E-state index contributed by atoms with van der Waals surface area (Å²) >= 11 is 0. The molecule has 0 spiro atoms. The van der Waals surface area contributed by atoms with Crippen molar-refractivity contribution in [3.8, 4) is 0 Å². The zero-order chi connectivity index (χ0) is 20.0. The number of carboxylic acid groups (broad SMARTS) is 1. The van der Waals surface area contributed by atoms with Crippen molar-refractivity contribution in [3.05, 3.63) is 64.2 Å². The van der Waals surface area contributed by atoms with Crippen molar-refractivity contribution >= 4 is 27.2 Å². The van der Waals surface area contributed by atoms with Gasteiger partial charge >= 0.3 is 5.97 Å². The minimum absolute atomic E-state index is 0.0975. The van der Waals surface area contributed by atoms with E-state index in [0.717, 1.165) is 17.9 Å². The molecule has 0 heterocycles. The number of hydrogen-bond donors (Lipinski definition) is 2. The Morgan fingerprint density at radius 3 is 2.44 bits per heavy atom. The van der Waals surface area contributed by atoms with Gasteiger partial charge in [-0.1, -0.05) is 30.3 Å². The van der Waals surface area contributed by atoms with Gasteiger partial charge in [0.15, 0.2) is 9.84 Å². The molecule has 0 aliphatic carbocycles. The minimum Gasteiger partial charge on any atom is -0.481 e. The van der Waals surface area contributed by atoms with Crippen LogP contribution in [0.2, 0.25) is 0 Å². The second-order valence-electron chi connectivity index (χ2n) is 6.17. The Balaban J connectivity index is 2.32. The maximum absolute atomic E-state index is 11.7. The van der Waals surface area contributed by atoms with Gasteiger partial charge in [-0.3, -0.25) is 14.9 Å². The summed E-state index contributed by atoms with van der Waals surface area (Å²) < 4.78 is 23.3.